The van der Waals surface area contributed by atoms with E-state index in [4.69, 9.17) is 0 Å². The minimum atomic E-state index is -0.516. The van der Waals surface area contributed by atoms with E-state index >= 15 is 0 Å². The summed E-state index contributed by atoms with van der Waals surface area (Å²) in [6.07, 6.45) is 2.68. The Kier molecular flexibility index (Phi) is 4.02. The Morgan fingerprint density at radius 3 is 2.61 bits per heavy atom. The van der Waals surface area contributed by atoms with E-state index in [2.05, 4.69) is 15.0 Å². The molecule has 0 radical (unpaired) electrons. The van der Waals surface area contributed by atoms with Crippen molar-refractivity contribution < 1.29 is 9.72 Å². The molecule has 1 aromatic carbocycles. The third kappa shape index (κ3) is 3.04. The van der Waals surface area contributed by atoms with Crippen molar-refractivity contribution in [2.24, 2.45) is 0 Å². The van der Waals surface area contributed by atoms with Crippen molar-refractivity contribution in [3.8, 4) is 5.69 Å². The fourth-order valence-corrected chi connectivity index (χ4v) is 2.52. The molecule has 1 fully saturated rings. The van der Waals surface area contributed by atoms with Crippen LogP contribution in [-0.2, 0) is 0 Å². The molecule has 2 aromatic rings. The first-order chi connectivity index (χ1) is 11.1. The minimum Gasteiger partial charge on any atom is -0.336 e. The summed E-state index contributed by atoms with van der Waals surface area (Å²) in [7, 11) is 2.00. The number of carbonyl (C=O) groups excluding carboxylic acids is 1. The van der Waals surface area contributed by atoms with Crippen LogP contribution in [0.4, 0.5) is 5.69 Å². The number of piperazine rings is 1. The minimum absolute atomic E-state index is 0.171. The number of benzene rings is 1. The fourth-order valence-electron chi connectivity index (χ4n) is 2.52. The van der Waals surface area contributed by atoms with Crippen molar-refractivity contribution in [1.29, 1.82) is 0 Å². The molecule has 0 saturated carbocycles. The van der Waals surface area contributed by atoms with Gasteiger partial charge in [-0.25, -0.2) is 9.67 Å². The number of carbonyl (C=O) groups is 1. The molecule has 0 unspecified atom stereocenters. The molecular weight excluding hydrogens is 300 g/mol. The van der Waals surface area contributed by atoms with E-state index in [-0.39, 0.29) is 17.3 Å². The number of nitro groups is 1. The molecule has 9 nitrogen and oxygen atoms in total. The monoisotopic (exact) mass is 316 g/mol. The quantitative estimate of drug-likeness (QED) is 0.606. The SMILES string of the molecule is CN1CCN(C(=O)c2ccc(-n3cncn3)c([N+](=O)[O-])c2)CC1. The smallest absolute Gasteiger partial charge is 0.295 e. The van der Waals surface area contributed by atoms with Gasteiger partial charge in [0.2, 0.25) is 0 Å². The Morgan fingerprint density at radius 2 is 2.00 bits per heavy atom. The van der Waals surface area contributed by atoms with Crippen LogP contribution in [0.3, 0.4) is 0 Å². The zero-order valence-corrected chi connectivity index (χ0v) is 12.6. The zero-order chi connectivity index (χ0) is 16.4. The average Bonchev–Trinajstić information content (AvgIpc) is 3.08. The maximum Gasteiger partial charge on any atom is 0.295 e. The van der Waals surface area contributed by atoms with Crippen LogP contribution in [0.25, 0.3) is 5.69 Å². The van der Waals surface area contributed by atoms with Gasteiger partial charge in [-0.3, -0.25) is 14.9 Å². The molecule has 1 aromatic heterocycles. The summed E-state index contributed by atoms with van der Waals surface area (Å²) < 4.78 is 1.31. The van der Waals surface area contributed by atoms with Crippen molar-refractivity contribution in [2.75, 3.05) is 33.2 Å². The molecule has 0 aliphatic carbocycles. The van der Waals surface area contributed by atoms with Gasteiger partial charge in [0.25, 0.3) is 11.6 Å². The van der Waals surface area contributed by atoms with Crippen molar-refractivity contribution in [1.82, 2.24) is 24.6 Å². The Bertz CT molecular complexity index is 722. The molecule has 0 N–H and O–H groups in total. The predicted octanol–water partition coefficient (Wildman–Crippen LogP) is 0.563. The second-order valence-electron chi connectivity index (χ2n) is 5.40. The Labute approximate surface area is 132 Å². The van der Waals surface area contributed by atoms with Crippen LogP contribution in [0, 0.1) is 10.1 Å². The van der Waals surface area contributed by atoms with Gasteiger partial charge in [-0.2, -0.15) is 5.10 Å². The summed E-state index contributed by atoms with van der Waals surface area (Å²) in [5.41, 5.74) is 0.419. The topological polar surface area (TPSA) is 97.4 Å². The first kappa shape index (κ1) is 15.1. The lowest BCUT2D eigenvalue weighted by Gasteiger charge is -2.32. The van der Waals surface area contributed by atoms with Crippen LogP contribution < -0.4 is 0 Å². The molecular formula is C14H16N6O3. The summed E-state index contributed by atoms with van der Waals surface area (Å²) in [4.78, 5) is 31.0. The molecule has 1 aliphatic heterocycles. The van der Waals surface area contributed by atoms with Gasteiger partial charge >= 0.3 is 0 Å². The first-order valence-electron chi connectivity index (χ1n) is 7.17. The van der Waals surface area contributed by atoms with Crippen molar-refractivity contribution in [3.63, 3.8) is 0 Å². The van der Waals surface area contributed by atoms with Crippen LogP contribution in [0.2, 0.25) is 0 Å². The number of likely N-dealkylation sites (N-methyl/N-ethyl adjacent to an activating group) is 1. The van der Waals surface area contributed by atoms with Gasteiger partial charge < -0.3 is 9.80 Å². The van der Waals surface area contributed by atoms with Crippen LogP contribution in [0.1, 0.15) is 10.4 Å². The number of nitrogens with zero attached hydrogens (tertiary/aromatic N) is 6. The highest BCUT2D eigenvalue weighted by atomic mass is 16.6. The summed E-state index contributed by atoms with van der Waals surface area (Å²) in [6, 6.07) is 4.42. The summed E-state index contributed by atoms with van der Waals surface area (Å²) in [6.45, 7) is 2.83. The van der Waals surface area contributed by atoms with E-state index in [0.29, 0.717) is 18.7 Å². The number of rotatable bonds is 3. The molecule has 0 spiro atoms. The molecule has 1 saturated heterocycles. The van der Waals surface area contributed by atoms with Crippen LogP contribution in [0.15, 0.2) is 30.9 Å². The molecule has 1 aliphatic rings. The molecule has 23 heavy (non-hydrogen) atoms. The number of amides is 1. The van der Waals surface area contributed by atoms with Crippen molar-refractivity contribution in [3.05, 3.63) is 46.5 Å². The first-order valence-corrected chi connectivity index (χ1v) is 7.17. The van der Waals surface area contributed by atoms with Gasteiger partial charge in [0.05, 0.1) is 4.92 Å². The summed E-state index contributed by atoms with van der Waals surface area (Å²) in [5, 5.41) is 15.2. The van der Waals surface area contributed by atoms with Crippen LogP contribution in [0.5, 0.6) is 0 Å². The zero-order valence-electron chi connectivity index (χ0n) is 12.6. The van der Waals surface area contributed by atoms with Gasteiger partial charge in [-0.05, 0) is 19.2 Å². The Balaban J connectivity index is 1.90. The van der Waals surface area contributed by atoms with Gasteiger partial charge in [-0.1, -0.05) is 0 Å². The Morgan fingerprint density at radius 1 is 1.26 bits per heavy atom. The van der Waals surface area contributed by atoms with Crippen molar-refractivity contribution in [2.45, 2.75) is 0 Å². The lowest BCUT2D eigenvalue weighted by Crippen LogP contribution is -2.47. The lowest BCUT2D eigenvalue weighted by molar-refractivity contribution is -0.384. The molecule has 0 atom stereocenters. The number of aromatic nitrogens is 3. The fraction of sp³-hybridized carbons (Fsp3) is 0.357. The summed E-state index contributed by atoms with van der Waals surface area (Å²) in [5.74, 6) is -0.189. The van der Waals surface area contributed by atoms with Gasteiger partial charge in [0.15, 0.2) is 0 Å². The average molecular weight is 316 g/mol. The molecule has 3 rings (SSSR count). The third-order valence-corrected chi connectivity index (χ3v) is 3.88. The highest BCUT2D eigenvalue weighted by Gasteiger charge is 2.24. The molecule has 2 heterocycles. The normalized spacial score (nSPS) is 15.6. The standard InChI is InChI=1S/C14H16N6O3/c1-17-4-6-18(7-5-17)14(21)11-2-3-12(13(8-11)20(22)23)19-10-15-9-16-19/h2-3,8-10H,4-7H2,1H3. The highest BCUT2D eigenvalue weighted by molar-refractivity contribution is 5.95. The van der Waals surface area contributed by atoms with E-state index in [1.165, 1.54) is 29.5 Å². The number of hydrogen-bond acceptors (Lipinski definition) is 6. The van der Waals surface area contributed by atoms with Crippen molar-refractivity contribution >= 4 is 11.6 Å². The predicted molar refractivity (Wildman–Crippen MR) is 81.4 cm³/mol. The molecule has 9 heteroatoms. The van der Waals surface area contributed by atoms with E-state index in [0.717, 1.165) is 13.1 Å². The molecule has 0 bridgehead atoms. The van der Waals surface area contributed by atoms with Crippen LogP contribution >= 0.6 is 0 Å². The summed E-state index contributed by atoms with van der Waals surface area (Å²) >= 11 is 0. The molecule has 1 amide bonds. The maximum absolute atomic E-state index is 12.5. The number of hydrogen-bond donors (Lipinski definition) is 0. The second-order valence-corrected chi connectivity index (χ2v) is 5.40. The van der Waals surface area contributed by atoms with Crippen LogP contribution in [-0.4, -0.2) is 68.6 Å². The van der Waals surface area contributed by atoms with E-state index in [1.54, 1.807) is 11.0 Å². The van der Waals surface area contributed by atoms with Gasteiger partial charge in [0.1, 0.15) is 18.3 Å². The van der Waals surface area contributed by atoms with E-state index in [9.17, 15) is 14.9 Å². The van der Waals surface area contributed by atoms with Gasteiger partial charge in [-0.15, -0.1) is 0 Å². The van der Waals surface area contributed by atoms with E-state index in [1.807, 2.05) is 7.05 Å². The largest absolute Gasteiger partial charge is 0.336 e. The Hall–Kier alpha value is -2.81. The lowest BCUT2D eigenvalue weighted by atomic mass is 10.1. The van der Waals surface area contributed by atoms with E-state index < -0.39 is 4.92 Å². The second kappa shape index (κ2) is 6.13. The molecule has 120 valence electrons. The maximum atomic E-state index is 12.5. The third-order valence-electron chi connectivity index (χ3n) is 3.88. The van der Waals surface area contributed by atoms with Gasteiger partial charge in [0, 0.05) is 37.8 Å². The highest BCUT2D eigenvalue weighted by Crippen LogP contribution is 2.24. The number of nitro benzene ring substituents is 1.